The zero-order chi connectivity index (χ0) is 19.3. The third-order valence-electron chi connectivity index (χ3n) is 4.35. The number of hydrogen-bond acceptors (Lipinski definition) is 3. The second-order valence-electron chi connectivity index (χ2n) is 6.78. The molecule has 0 bridgehead atoms. The number of halogens is 1. The number of benzene rings is 1. The largest absolute Gasteiger partial charge is 0.465 e. The van der Waals surface area contributed by atoms with E-state index in [1.807, 2.05) is 0 Å². The highest BCUT2D eigenvalue weighted by Gasteiger charge is 2.24. The Balaban J connectivity index is 2.03. The highest BCUT2D eigenvalue weighted by atomic mass is 79.9. The van der Waals surface area contributed by atoms with E-state index in [-0.39, 0.29) is 23.7 Å². The van der Waals surface area contributed by atoms with E-state index in [1.165, 1.54) is 4.90 Å². The van der Waals surface area contributed by atoms with Crippen LogP contribution < -0.4 is 10.6 Å². The number of amides is 3. The van der Waals surface area contributed by atoms with Crippen LogP contribution in [0.4, 0.5) is 10.5 Å². The first-order chi connectivity index (χ1) is 12.3. The fraction of sp³-hybridized carbons (Fsp3) is 0.500. The Hall–Kier alpha value is -2.09. The predicted octanol–water partition coefficient (Wildman–Crippen LogP) is 3.16. The molecule has 1 aliphatic heterocycles. The van der Waals surface area contributed by atoms with Crippen molar-refractivity contribution in [3.63, 3.8) is 0 Å². The van der Waals surface area contributed by atoms with Crippen LogP contribution in [0, 0.1) is 11.8 Å². The van der Waals surface area contributed by atoms with Gasteiger partial charge in [-0.3, -0.25) is 9.59 Å². The van der Waals surface area contributed by atoms with Gasteiger partial charge in [-0.25, -0.2) is 4.79 Å². The average Bonchev–Trinajstić information content (AvgIpc) is 2.61. The molecule has 0 spiro atoms. The molecule has 1 aromatic rings. The van der Waals surface area contributed by atoms with Gasteiger partial charge in [0.15, 0.2) is 0 Å². The number of nitrogens with one attached hydrogen (secondary N) is 2. The topological polar surface area (TPSA) is 98.7 Å². The molecule has 0 aromatic heterocycles. The van der Waals surface area contributed by atoms with Crippen LogP contribution in [0.25, 0.3) is 0 Å². The van der Waals surface area contributed by atoms with Gasteiger partial charge in [0.2, 0.25) is 5.91 Å². The van der Waals surface area contributed by atoms with Crippen molar-refractivity contribution in [3.05, 3.63) is 28.2 Å². The van der Waals surface area contributed by atoms with Crippen LogP contribution in [0.5, 0.6) is 0 Å². The van der Waals surface area contributed by atoms with Crippen LogP contribution in [-0.4, -0.2) is 47.5 Å². The summed E-state index contributed by atoms with van der Waals surface area (Å²) in [5.74, 6) is -0.563. The van der Waals surface area contributed by atoms with Gasteiger partial charge in [-0.2, -0.15) is 0 Å². The van der Waals surface area contributed by atoms with Crippen molar-refractivity contribution in [2.24, 2.45) is 11.8 Å². The van der Waals surface area contributed by atoms with Crippen molar-refractivity contribution >= 4 is 39.5 Å². The minimum atomic E-state index is -0.924. The Kier molecular flexibility index (Phi) is 7.02. The van der Waals surface area contributed by atoms with Gasteiger partial charge in [-0.15, -0.1) is 0 Å². The summed E-state index contributed by atoms with van der Waals surface area (Å²) in [6, 6.07) is 5.11. The van der Waals surface area contributed by atoms with Gasteiger partial charge in [0.05, 0.1) is 11.3 Å². The van der Waals surface area contributed by atoms with Gasteiger partial charge in [-0.1, -0.05) is 29.8 Å². The van der Waals surface area contributed by atoms with E-state index in [0.717, 1.165) is 17.3 Å². The Bertz CT molecular complexity index is 693. The molecule has 3 N–H and O–H groups in total. The standard InChI is InChI=1S/C18H24BrN3O4/c1-11(2)16(23)21-15-6-5-13(19)8-14(15)17(24)20-9-12-4-3-7-22(10-12)18(25)26/h5-6,8,11-12H,3-4,7,9-10H2,1-2H3,(H,20,24)(H,21,23)(H,25,26)/t12-/m1/s1. The molecule has 0 aliphatic carbocycles. The number of likely N-dealkylation sites (tertiary alicyclic amines) is 1. The Labute approximate surface area is 161 Å². The Morgan fingerprint density at radius 1 is 1.35 bits per heavy atom. The SMILES string of the molecule is CC(C)C(=O)Nc1ccc(Br)cc1C(=O)NC[C@H]1CCCN(C(=O)O)C1. The highest BCUT2D eigenvalue weighted by molar-refractivity contribution is 9.10. The van der Waals surface area contributed by atoms with Crippen molar-refractivity contribution in [2.45, 2.75) is 26.7 Å². The van der Waals surface area contributed by atoms with E-state index < -0.39 is 6.09 Å². The van der Waals surface area contributed by atoms with Crippen LogP contribution in [0.2, 0.25) is 0 Å². The minimum absolute atomic E-state index is 0.0876. The van der Waals surface area contributed by atoms with Crippen molar-refractivity contribution in [1.29, 1.82) is 0 Å². The molecular formula is C18H24BrN3O4. The lowest BCUT2D eigenvalue weighted by atomic mass is 9.98. The lowest BCUT2D eigenvalue weighted by molar-refractivity contribution is -0.118. The molecule has 7 nitrogen and oxygen atoms in total. The van der Waals surface area contributed by atoms with E-state index in [4.69, 9.17) is 5.11 Å². The van der Waals surface area contributed by atoms with E-state index in [0.29, 0.717) is 30.9 Å². The molecule has 1 aromatic carbocycles. The fourth-order valence-corrected chi connectivity index (χ4v) is 3.19. The normalized spacial score (nSPS) is 17.1. The lowest BCUT2D eigenvalue weighted by Gasteiger charge is -2.30. The molecule has 26 heavy (non-hydrogen) atoms. The molecule has 1 heterocycles. The molecule has 142 valence electrons. The van der Waals surface area contributed by atoms with Gasteiger partial charge in [-0.05, 0) is 37.0 Å². The maximum Gasteiger partial charge on any atom is 0.407 e. The molecular weight excluding hydrogens is 402 g/mol. The first-order valence-corrected chi connectivity index (χ1v) is 9.43. The summed E-state index contributed by atoms with van der Waals surface area (Å²) >= 11 is 3.35. The number of nitrogens with zero attached hydrogens (tertiary/aromatic N) is 1. The van der Waals surface area contributed by atoms with Gasteiger partial charge < -0.3 is 20.6 Å². The molecule has 1 aliphatic rings. The number of anilines is 1. The number of piperidine rings is 1. The third-order valence-corrected chi connectivity index (χ3v) is 4.84. The van der Waals surface area contributed by atoms with E-state index in [9.17, 15) is 14.4 Å². The van der Waals surface area contributed by atoms with Crippen LogP contribution in [0.15, 0.2) is 22.7 Å². The number of hydrogen-bond donors (Lipinski definition) is 3. The number of carbonyl (C=O) groups is 3. The first kappa shape index (κ1) is 20.2. The zero-order valence-electron chi connectivity index (χ0n) is 14.9. The zero-order valence-corrected chi connectivity index (χ0v) is 16.5. The molecule has 0 saturated carbocycles. The summed E-state index contributed by atoms with van der Waals surface area (Å²) in [4.78, 5) is 37.1. The molecule has 0 unspecified atom stereocenters. The smallest absolute Gasteiger partial charge is 0.407 e. The van der Waals surface area contributed by atoms with Gasteiger partial charge >= 0.3 is 6.09 Å². The molecule has 0 radical (unpaired) electrons. The van der Waals surface area contributed by atoms with Crippen LogP contribution in [-0.2, 0) is 4.79 Å². The molecule has 3 amide bonds. The summed E-state index contributed by atoms with van der Waals surface area (Å²) in [6.45, 7) is 4.92. The summed E-state index contributed by atoms with van der Waals surface area (Å²) < 4.78 is 0.736. The number of carbonyl (C=O) groups excluding carboxylic acids is 2. The molecule has 2 rings (SSSR count). The van der Waals surface area contributed by atoms with Crippen molar-refractivity contribution in [2.75, 3.05) is 25.0 Å². The van der Waals surface area contributed by atoms with E-state index >= 15 is 0 Å². The second kappa shape index (κ2) is 9.02. The van der Waals surface area contributed by atoms with Crippen molar-refractivity contribution < 1.29 is 19.5 Å². The minimum Gasteiger partial charge on any atom is -0.465 e. The van der Waals surface area contributed by atoms with Gasteiger partial charge in [0, 0.05) is 30.0 Å². The van der Waals surface area contributed by atoms with Crippen LogP contribution in [0.1, 0.15) is 37.0 Å². The fourth-order valence-electron chi connectivity index (χ4n) is 2.83. The lowest BCUT2D eigenvalue weighted by Crippen LogP contribution is -2.43. The van der Waals surface area contributed by atoms with Gasteiger partial charge in [0.1, 0.15) is 0 Å². The molecule has 1 fully saturated rings. The highest BCUT2D eigenvalue weighted by Crippen LogP contribution is 2.22. The van der Waals surface area contributed by atoms with E-state index in [1.54, 1.807) is 32.0 Å². The predicted molar refractivity (Wildman–Crippen MR) is 102 cm³/mol. The summed E-state index contributed by atoms with van der Waals surface area (Å²) in [6.07, 6.45) is 0.741. The van der Waals surface area contributed by atoms with Crippen molar-refractivity contribution in [3.8, 4) is 0 Å². The van der Waals surface area contributed by atoms with Crippen LogP contribution in [0.3, 0.4) is 0 Å². The summed E-state index contributed by atoms with van der Waals surface area (Å²) in [5, 5.41) is 14.7. The summed E-state index contributed by atoms with van der Waals surface area (Å²) in [5.41, 5.74) is 0.833. The van der Waals surface area contributed by atoms with Gasteiger partial charge in [0.25, 0.3) is 5.91 Å². The quantitative estimate of drug-likeness (QED) is 0.674. The Morgan fingerprint density at radius 3 is 2.73 bits per heavy atom. The first-order valence-electron chi connectivity index (χ1n) is 8.64. The number of rotatable bonds is 5. The molecule has 8 heteroatoms. The summed E-state index contributed by atoms with van der Waals surface area (Å²) in [7, 11) is 0. The average molecular weight is 426 g/mol. The molecule has 1 saturated heterocycles. The second-order valence-corrected chi connectivity index (χ2v) is 7.70. The van der Waals surface area contributed by atoms with Crippen molar-refractivity contribution in [1.82, 2.24) is 10.2 Å². The third kappa shape index (κ3) is 5.45. The van der Waals surface area contributed by atoms with Crippen LogP contribution >= 0.6 is 15.9 Å². The van der Waals surface area contributed by atoms with E-state index in [2.05, 4.69) is 26.6 Å². The monoisotopic (exact) mass is 425 g/mol. The maximum atomic E-state index is 12.6. The molecule has 1 atom stereocenters. The maximum absolute atomic E-state index is 12.6. The Morgan fingerprint density at radius 2 is 2.08 bits per heavy atom. The number of carboxylic acid groups (broad SMARTS) is 1.